The predicted octanol–water partition coefficient (Wildman–Crippen LogP) is 2.45. The Morgan fingerprint density at radius 3 is 2.96 bits per heavy atom. The number of aromatic nitrogens is 3. The molecular weight excluding hydrogens is 346 g/mol. The molecule has 3 aromatic heterocycles. The Labute approximate surface area is 146 Å². The van der Waals surface area contributed by atoms with Crippen molar-refractivity contribution in [3.05, 3.63) is 45.2 Å². The molecule has 3 aromatic rings. The number of hydrogen-bond donors (Lipinski definition) is 2. The number of rotatable bonds is 6. The second-order valence-corrected chi connectivity index (χ2v) is 5.68. The molecule has 2 N–H and O–H groups in total. The number of methoxy groups -OCH3 is 1. The molecule has 0 amide bonds. The number of carbonyl (C=O) groups is 1. The van der Waals surface area contributed by atoms with Gasteiger partial charge in [-0.05, 0) is 36.8 Å². The zero-order valence-electron chi connectivity index (χ0n) is 13.3. The van der Waals surface area contributed by atoms with E-state index in [9.17, 15) is 14.7 Å². The number of H-pyrrole nitrogens is 1. The molecule has 0 radical (unpaired) electrons. The summed E-state index contributed by atoms with van der Waals surface area (Å²) in [5.74, 6) is -0.828. The zero-order chi connectivity index (χ0) is 18.0. The molecule has 0 spiro atoms. The van der Waals surface area contributed by atoms with Gasteiger partial charge in [0.1, 0.15) is 11.3 Å². The topological polar surface area (TPSA) is 110 Å². The van der Waals surface area contributed by atoms with Crippen molar-refractivity contribution < 1.29 is 19.1 Å². The van der Waals surface area contributed by atoms with Crippen LogP contribution in [0.15, 0.2) is 33.7 Å². The number of ether oxygens (including phenoxy) is 1. The Hall–Kier alpha value is -2.78. The Balaban J connectivity index is 2.34. The average molecular weight is 361 g/mol. The maximum Gasteiger partial charge on any atom is 0.336 e. The first-order chi connectivity index (χ1) is 12.0. The maximum atomic E-state index is 12.3. The molecule has 9 heteroatoms. The highest BCUT2D eigenvalue weighted by Gasteiger charge is 2.19. The predicted molar refractivity (Wildman–Crippen MR) is 92.3 cm³/mol. The summed E-state index contributed by atoms with van der Waals surface area (Å²) >= 11 is 5.22. The number of nitrogens with one attached hydrogen (secondary N) is 1. The van der Waals surface area contributed by atoms with E-state index >= 15 is 0 Å². The first kappa shape index (κ1) is 17.1. The third kappa shape index (κ3) is 3.24. The second-order valence-electron chi connectivity index (χ2n) is 5.29. The quantitative estimate of drug-likeness (QED) is 0.512. The highest BCUT2D eigenvalue weighted by molar-refractivity contribution is 7.71. The fraction of sp³-hybridized carbons (Fsp3) is 0.250. The summed E-state index contributed by atoms with van der Waals surface area (Å²) in [5.41, 5.74) is -0.224. The van der Waals surface area contributed by atoms with E-state index in [0.29, 0.717) is 31.0 Å². The van der Waals surface area contributed by atoms with E-state index in [1.807, 2.05) is 0 Å². The molecule has 0 saturated heterocycles. The van der Waals surface area contributed by atoms with Gasteiger partial charge in [0.05, 0.1) is 17.2 Å². The van der Waals surface area contributed by atoms with Gasteiger partial charge >= 0.3 is 5.97 Å². The van der Waals surface area contributed by atoms with E-state index in [1.54, 1.807) is 23.8 Å². The van der Waals surface area contributed by atoms with Crippen LogP contribution in [0.2, 0.25) is 0 Å². The molecule has 0 atom stereocenters. The maximum absolute atomic E-state index is 12.3. The summed E-state index contributed by atoms with van der Waals surface area (Å²) in [5, 5.41) is 9.52. The number of furan rings is 1. The van der Waals surface area contributed by atoms with Crippen LogP contribution in [-0.2, 0) is 11.3 Å². The molecule has 0 fully saturated rings. The van der Waals surface area contributed by atoms with Gasteiger partial charge in [-0.25, -0.2) is 9.78 Å². The molecule has 0 unspecified atom stereocenters. The molecule has 8 nitrogen and oxygen atoms in total. The van der Waals surface area contributed by atoms with Gasteiger partial charge in [-0.3, -0.25) is 9.78 Å². The Morgan fingerprint density at radius 2 is 2.32 bits per heavy atom. The van der Waals surface area contributed by atoms with Crippen molar-refractivity contribution in [3.63, 3.8) is 0 Å². The van der Waals surface area contributed by atoms with Crippen molar-refractivity contribution in [1.82, 2.24) is 14.5 Å². The van der Waals surface area contributed by atoms with Crippen LogP contribution in [0, 0.1) is 4.77 Å². The Bertz CT molecular complexity index is 1040. The Kier molecular flexibility index (Phi) is 4.77. The molecule has 25 heavy (non-hydrogen) atoms. The van der Waals surface area contributed by atoms with Gasteiger partial charge in [0, 0.05) is 20.3 Å². The van der Waals surface area contributed by atoms with E-state index in [1.165, 1.54) is 12.3 Å². The molecule has 3 rings (SSSR count). The summed E-state index contributed by atoms with van der Waals surface area (Å²) in [7, 11) is 1.58. The number of hydrogen-bond acceptors (Lipinski definition) is 6. The largest absolute Gasteiger partial charge is 0.478 e. The molecule has 3 heterocycles. The SMILES string of the molecule is COCCCn1c(=S)[nH]c(=O)c2c(C(=O)O)cc(-c3ccco3)nc21. The molecule has 0 aromatic carbocycles. The molecule has 130 valence electrons. The van der Waals surface area contributed by atoms with Gasteiger partial charge in [0.25, 0.3) is 5.56 Å². The van der Waals surface area contributed by atoms with Crippen molar-refractivity contribution >= 4 is 29.2 Å². The number of aromatic carboxylic acids is 1. The van der Waals surface area contributed by atoms with E-state index in [-0.39, 0.29) is 21.4 Å². The van der Waals surface area contributed by atoms with Gasteiger partial charge in [0.2, 0.25) is 0 Å². The van der Waals surface area contributed by atoms with E-state index in [2.05, 4.69) is 9.97 Å². The van der Waals surface area contributed by atoms with Crippen LogP contribution in [-0.4, -0.2) is 39.3 Å². The van der Waals surface area contributed by atoms with Crippen molar-refractivity contribution in [1.29, 1.82) is 0 Å². The van der Waals surface area contributed by atoms with Gasteiger partial charge in [-0.2, -0.15) is 0 Å². The number of carboxylic acids is 1. The van der Waals surface area contributed by atoms with E-state index in [0.717, 1.165) is 0 Å². The number of aryl methyl sites for hydroxylation is 1. The number of aromatic amines is 1. The van der Waals surface area contributed by atoms with Gasteiger partial charge in [-0.15, -0.1) is 0 Å². The number of pyridine rings is 1. The molecule has 0 saturated carbocycles. The summed E-state index contributed by atoms with van der Waals surface area (Å²) in [6.07, 6.45) is 2.09. The number of carboxylic acid groups (broad SMARTS) is 1. The minimum atomic E-state index is -1.23. The Morgan fingerprint density at radius 1 is 1.52 bits per heavy atom. The monoisotopic (exact) mass is 361 g/mol. The molecule has 0 aliphatic rings. The molecular formula is C16H15N3O5S. The van der Waals surface area contributed by atoms with Crippen LogP contribution >= 0.6 is 12.2 Å². The highest BCUT2D eigenvalue weighted by atomic mass is 32.1. The minimum absolute atomic E-state index is 0.0196. The number of fused-ring (bicyclic) bond motifs is 1. The third-order valence-electron chi connectivity index (χ3n) is 3.68. The molecule has 0 aliphatic heterocycles. The zero-order valence-corrected chi connectivity index (χ0v) is 14.1. The first-order valence-electron chi connectivity index (χ1n) is 7.47. The van der Waals surface area contributed by atoms with Crippen LogP contribution < -0.4 is 5.56 Å². The third-order valence-corrected chi connectivity index (χ3v) is 4.01. The average Bonchev–Trinajstić information content (AvgIpc) is 3.11. The standard InChI is InChI=1S/C16H15N3O5S/c1-23-6-3-5-19-13-12(14(20)18-16(19)25)9(15(21)22)8-10(17-13)11-4-2-7-24-11/h2,4,7-8H,3,5-6H2,1H3,(H,21,22)(H,18,20,25). The van der Waals surface area contributed by atoms with Gasteiger partial charge < -0.3 is 18.8 Å². The van der Waals surface area contributed by atoms with Crippen molar-refractivity contribution in [2.75, 3.05) is 13.7 Å². The summed E-state index contributed by atoms with van der Waals surface area (Å²) < 4.78 is 12.1. The van der Waals surface area contributed by atoms with Crippen LogP contribution in [0.4, 0.5) is 0 Å². The lowest BCUT2D eigenvalue weighted by Crippen LogP contribution is -2.19. The smallest absolute Gasteiger partial charge is 0.336 e. The molecule has 0 bridgehead atoms. The summed E-state index contributed by atoms with van der Waals surface area (Å²) in [6.45, 7) is 0.916. The lowest BCUT2D eigenvalue weighted by atomic mass is 10.1. The van der Waals surface area contributed by atoms with Crippen LogP contribution in [0.25, 0.3) is 22.5 Å². The molecule has 0 aliphatic carbocycles. The minimum Gasteiger partial charge on any atom is -0.478 e. The number of nitrogens with zero attached hydrogens (tertiary/aromatic N) is 2. The summed E-state index contributed by atoms with van der Waals surface area (Å²) in [4.78, 5) is 30.9. The van der Waals surface area contributed by atoms with E-state index < -0.39 is 11.5 Å². The lowest BCUT2D eigenvalue weighted by molar-refractivity contribution is 0.0699. The van der Waals surface area contributed by atoms with Gasteiger partial charge in [0.15, 0.2) is 10.5 Å². The van der Waals surface area contributed by atoms with Crippen LogP contribution in [0.1, 0.15) is 16.8 Å². The van der Waals surface area contributed by atoms with Crippen molar-refractivity contribution in [2.45, 2.75) is 13.0 Å². The summed E-state index contributed by atoms with van der Waals surface area (Å²) in [6, 6.07) is 4.66. The van der Waals surface area contributed by atoms with E-state index in [4.69, 9.17) is 21.4 Å². The lowest BCUT2D eigenvalue weighted by Gasteiger charge is -2.12. The first-order valence-corrected chi connectivity index (χ1v) is 7.87. The van der Waals surface area contributed by atoms with Crippen molar-refractivity contribution in [3.8, 4) is 11.5 Å². The van der Waals surface area contributed by atoms with Crippen LogP contribution in [0.3, 0.4) is 0 Å². The fourth-order valence-corrected chi connectivity index (χ4v) is 2.84. The normalized spacial score (nSPS) is 11.1. The van der Waals surface area contributed by atoms with Gasteiger partial charge in [-0.1, -0.05) is 0 Å². The highest BCUT2D eigenvalue weighted by Crippen LogP contribution is 2.23. The van der Waals surface area contributed by atoms with Crippen LogP contribution in [0.5, 0.6) is 0 Å². The second kappa shape index (κ2) is 6.99. The fourth-order valence-electron chi connectivity index (χ4n) is 2.57. The van der Waals surface area contributed by atoms with Crippen molar-refractivity contribution in [2.24, 2.45) is 0 Å².